The molecule has 0 saturated heterocycles. The highest BCUT2D eigenvalue weighted by atomic mass is 32.1. The number of thiophene rings is 1. The lowest BCUT2D eigenvalue weighted by molar-refractivity contribution is 0.436. The Hall–Kier alpha value is -8.96. The number of benzene rings is 11. The number of hydrogen-bond acceptors (Lipinski definition) is 4. The quantitative estimate of drug-likeness (QED) is 0.172. The van der Waals surface area contributed by atoms with Gasteiger partial charge in [-0.2, -0.15) is 0 Å². The topological polar surface area (TPSA) is 25.6 Å². The third kappa shape index (κ3) is 5.18. The first-order valence-corrected chi connectivity index (χ1v) is 25.5. The molecule has 3 heterocycles. The summed E-state index contributed by atoms with van der Waals surface area (Å²) in [5, 5.41) is 4.65. The summed E-state index contributed by atoms with van der Waals surface area (Å²) in [6.45, 7) is 0. The van der Waals surface area contributed by atoms with E-state index in [1.807, 2.05) is 17.4 Å². The number of furan rings is 1. The molecule has 0 N–H and O–H groups in total. The Morgan fingerprint density at radius 2 is 0.889 bits per heavy atom. The van der Waals surface area contributed by atoms with Crippen LogP contribution in [-0.2, 0) is 10.8 Å². The van der Waals surface area contributed by atoms with Crippen LogP contribution in [0.4, 0.5) is 17.1 Å². The average Bonchev–Trinajstić information content (AvgIpc) is 4.17. The van der Waals surface area contributed by atoms with Gasteiger partial charge in [0.05, 0.1) is 16.5 Å². The summed E-state index contributed by atoms with van der Waals surface area (Å²) in [4.78, 5) is 2.51. The van der Waals surface area contributed by atoms with Crippen LogP contribution in [0, 0.1) is 0 Å². The summed E-state index contributed by atoms with van der Waals surface area (Å²) in [6, 6.07) is 91.6. The fourth-order valence-corrected chi connectivity index (χ4v) is 14.3. The highest BCUT2D eigenvalue weighted by Crippen LogP contribution is 2.64. The monoisotopic (exact) mass is 935 g/mol. The minimum Gasteiger partial charge on any atom is -0.457 e. The van der Waals surface area contributed by atoms with E-state index in [2.05, 4.69) is 248 Å². The largest absolute Gasteiger partial charge is 0.457 e. The molecule has 16 rings (SSSR count). The van der Waals surface area contributed by atoms with Crippen molar-refractivity contribution in [3.8, 4) is 33.8 Å². The molecule has 3 nitrogen and oxygen atoms in total. The Labute approximate surface area is 420 Å². The number of nitrogens with zero attached hydrogens (tertiary/aromatic N) is 1. The van der Waals surface area contributed by atoms with Gasteiger partial charge in [-0.05, 0) is 128 Å². The Balaban J connectivity index is 0.986. The van der Waals surface area contributed by atoms with Crippen LogP contribution in [-0.4, -0.2) is 0 Å². The van der Waals surface area contributed by atoms with Crippen molar-refractivity contribution in [2.45, 2.75) is 10.8 Å². The Morgan fingerprint density at radius 3 is 1.62 bits per heavy atom. The zero-order valence-corrected chi connectivity index (χ0v) is 39.7. The summed E-state index contributed by atoms with van der Waals surface area (Å²) in [5.41, 5.74) is 18.9. The molecule has 1 spiro atoms. The van der Waals surface area contributed by atoms with Gasteiger partial charge in [-0.15, -0.1) is 11.3 Å². The Kier molecular flexibility index (Phi) is 8.18. The van der Waals surface area contributed by atoms with Crippen molar-refractivity contribution in [3.05, 3.63) is 293 Å². The minimum absolute atomic E-state index is 0.550. The molecule has 0 bridgehead atoms. The van der Waals surface area contributed by atoms with Crippen LogP contribution in [0.2, 0.25) is 0 Å². The standard InChI is InChI=1S/C68H41NO2S/c1-3-18-42(19-4-1)67(43-20-5-2-6-21-43)53-25-10-7-22-46(53)48-36-34-45(39-57(48)67)69(44-35-37-61-51(38-44)49-24-9-14-30-60(49)70-61)59-29-17-33-64-66(59)52-40-50-47-23-8-11-26-54(47)68(58(50)41-65(52)72-64)55-27-12-15-31-62(55)71-63-32-16-13-28-56(63)68/h1-41H. The van der Waals surface area contributed by atoms with E-state index in [-0.39, 0.29) is 0 Å². The van der Waals surface area contributed by atoms with Gasteiger partial charge < -0.3 is 14.1 Å². The number of rotatable bonds is 5. The van der Waals surface area contributed by atoms with Crippen LogP contribution in [0.15, 0.2) is 253 Å². The van der Waals surface area contributed by atoms with Gasteiger partial charge in [0, 0.05) is 53.4 Å². The molecule has 0 atom stereocenters. The summed E-state index contributed by atoms with van der Waals surface area (Å²) in [5.74, 6) is 1.80. The van der Waals surface area contributed by atoms with E-state index in [1.165, 1.54) is 86.9 Å². The van der Waals surface area contributed by atoms with Gasteiger partial charge in [-0.1, -0.05) is 176 Å². The van der Waals surface area contributed by atoms with Gasteiger partial charge in [-0.25, -0.2) is 0 Å². The smallest absolute Gasteiger partial charge is 0.135 e. The van der Waals surface area contributed by atoms with Crippen molar-refractivity contribution in [1.29, 1.82) is 0 Å². The highest BCUT2D eigenvalue weighted by Gasteiger charge is 2.51. The van der Waals surface area contributed by atoms with E-state index in [0.29, 0.717) is 0 Å². The fraction of sp³-hybridized carbons (Fsp3) is 0.0294. The summed E-state index contributed by atoms with van der Waals surface area (Å²) in [7, 11) is 0. The predicted octanol–water partition coefficient (Wildman–Crippen LogP) is 18.3. The molecule has 11 aromatic carbocycles. The van der Waals surface area contributed by atoms with E-state index < -0.39 is 10.8 Å². The fourth-order valence-electron chi connectivity index (χ4n) is 13.2. The number of fused-ring (bicyclic) bond motifs is 18. The molecule has 0 radical (unpaired) electrons. The second-order valence-electron chi connectivity index (χ2n) is 19.4. The van der Waals surface area contributed by atoms with Gasteiger partial charge in [0.25, 0.3) is 0 Å². The van der Waals surface area contributed by atoms with Gasteiger partial charge in [0.2, 0.25) is 0 Å². The lowest BCUT2D eigenvalue weighted by Crippen LogP contribution is -2.32. The van der Waals surface area contributed by atoms with Crippen molar-refractivity contribution in [1.82, 2.24) is 0 Å². The molecule has 0 amide bonds. The van der Waals surface area contributed by atoms with Crippen molar-refractivity contribution in [3.63, 3.8) is 0 Å². The molecule has 0 fully saturated rings. The van der Waals surface area contributed by atoms with Crippen LogP contribution in [0.1, 0.15) is 44.5 Å². The molecule has 0 saturated carbocycles. The zero-order chi connectivity index (χ0) is 47.1. The molecule has 1 aliphatic heterocycles. The van der Waals surface area contributed by atoms with E-state index >= 15 is 0 Å². The molecular formula is C68H41NO2S. The SMILES string of the molecule is c1ccc(C2(c3ccccc3)c3ccccc3-c3ccc(N(c4ccc5oc6ccccc6c5c4)c4cccc5sc6cc7c(cc6c45)-c4ccccc4C74c5ccccc5Oc5ccccc54)cc32)cc1. The van der Waals surface area contributed by atoms with E-state index in [0.717, 1.165) is 50.5 Å². The third-order valence-corrected chi connectivity index (χ3v) is 17.1. The molecule has 3 aliphatic rings. The normalized spacial score (nSPS) is 14.2. The van der Waals surface area contributed by atoms with Gasteiger partial charge in [0.15, 0.2) is 0 Å². The molecule has 0 unspecified atom stereocenters. The van der Waals surface area contributed by atoms with Crippen LogP contribution in [0.25, 0.3) is 64.4 Å². The predicted molar refractivity (Wildman–Crippen MR) is 296 cm³/mol. The van der Waals surface area contributed by atoms with Crippen LogP contribution in [0.5, 0.6) is 11.5 Å². The second kappa shape index (κ2) is 14.8. The first kappa shape index (κ1) is 39.8. The number of para-hydroxylation sites is 3. The summed E-state index contributed by atoms with van der Waals surface area (Å²) in [6.07, 6.45) is 0. The Morgan fingerprint density at radius 1 is 0.333 bits per heavy atom. The van der Waals surface area contributed by atoms with Gasteiger partial charge in [0.1, 0.15) is 22.7 Å². The highest BCUT2D eigenvalue weighted by molar-refractivity contribution is 7.26. The average molecular weight is 936 g/mol. The number of hydrogen-bond donors (Lipinski definition) is 0. The minimum atomic E-state index is -0.562. The van der Waals surface area contributed by atoms with Crippen molar-refractivity contribution in [2.75, 3.05) is 4.90 Å². The lowest BCUT2D eigenvalue weighted by Gasteiger charge is -2.39. The van der Waals surface area contributed by atoms with Crippen LogP contribution >= 0.6 is 11.3 Å². The summed E-state index contributed by atoms with van der Waals surface area (Å²) < 4.78 is 15.7. The number of ether oxygens (including phenoxy) is 1. The van der Waals surface area contributed by atoms with Crippen molar-refractivity contribution in [2.24, 2.45) is 0 Å². The molecular weight excluding hydrogens is 895 g/mol. The molecule has 336 valence electrons. The zero-order valence-electron chi connectivity index (χ0n) is 38.8. The maximum absolute atomic E-state index is 6.70. The Bertz CT molecular complexity index is 4310. The second-order valence-corrected chi connectivity index (χ2v) is 20.5. The first-order valence-electron chi connectivity index (χ1n) is 24.7. The maximum atomic E-state index is 6.70. The van der Waals surface area contributed by atoms with Crippen molar-refractivity contribution < 1.29 is 9.15 Å². The van der Waals surface area contributed by atoms with Crippen LogP contribution < -0.4 is 9.64 Å². The van der Waals surface area contributed by atoms with E-state index in [1.54, 1.807) is 0 Å². The maximum Gasteiger partial charge on any atom is 0.135 e. The number of anilines is 3. The van der Waals surface area contributed by atoms with E-state index in [9.17, 15) is 0 Å². The molecule has 4 heteroatoms. The molecule has 2 aliphatic carbocycles. The first-order chi connectivity index (χ1) is 35.7. The molecule has 2 aromatic heterocycles. The lowest BCUT2D eigenvalue weighted by atomic mass is 9.66. The van der Waals surface area contributed by atoms with Gasteiger partial charge in [-0.3, -0.25) is 0 Å². The van der Waals surface area contributed by atoms with Gasteiger partial charge >= 0.3 is 0 Å². The molecule has 13 aromatic rings. The third-order valence-electron chi connectivity index (χ3n) is 16.0. The van der Waals surface area contributed by atoms with Crippen molar-refractivity contribution >= 4 is 70.5 Å². The molecule has 72 heavy (non-hydrogen) atoms. The van der Waals surface area contributed by atoms with E-state index in [4.69, 9.17) is 9.15 Å². The summed E-state index contributed by atoms with van der Waals surface area (Å²) >= 11 is 1.88. The van der Waals surface area contributed by atoms with Crippen LogP contribution in [0.3, 0.4) is 0 Å².